The molecule has 2 N–H and O–H groups in total. The second-order valence-corrected chi connectivity index (χ2v) is 6.84. The van der Waals surface area contributed by atoms with E-state index in [1.807, 2.05) is 55.5 Å². The molecule has 0 bridgehead atoms. The summed E-state index contributed by atoms with van der Waals surface area (Å²) in [5.74, 6) is 0.724. The van der Waals surface area contributed by atoms with Crippen molar-refractivity contribution in [3.63, 3.8) is 0 Å². The first kappa shape index (κ1) is 19.4. The zero-order chi connectivity index (χ0) is 19.9. The number of hydrogen-bond acceptors (Lipinski definition) is 4. The van der Waals surface area contributed by atoms with Crippen molar-refractivity contribution in [2.75, 3.05) is 6.61 Å². The molecule has 0 saturated heterocycles. The number of aromatic nitrogens is 2. The van der Waals surface area contributed by atoms with Gasteiger partial charge in [-0.1, -0.05) is 56.3 Å². The molecule has 0 fully saturated rings. The molecule has 6 nitrogen and oxygen atoms in total. The molecule has 1 aromatic heterocycles. The first-order valence-corrected chi connectivity index (χ1v) is 9.18. The quantitative estimate of drug-likeness (QED) is 0.482. The summed E-state index contributed by atoms with van der Waals surface area (Å²) in [4.78, 5) is 12.1. The van der Waals surface area contributed by atoms with Crippen molar-refractivity contribution in [2.24, 2.45) is 5.10 Å². The van der Waals surface area contributed by atoms with Gasteiger partial charge in [-0.15, -0.1) is 0 Å². The normalized spacial score (nSPS) is 11.1. The van der Waals surface area contributed by atoms with Crippen molar-refractivity contribution in [1.29, 1.82) is 0 Å². The minimum absolute atomic E-state index is 0.0998. The van der Waals surface area contributed by atoms with Crippen molar-refractivity contribution in [3.05, 3.63) is 71.4 Å². The number of rotatable bonds is 7. The van der Waals surface area contributed by atoms with E-state index in [0.29, 0.717) is 5.92 Å². The van der Waals surface area contributed by atoms with Gasteiger partial charge in [-0.3, -0.25) is 9.89 Å². The van der Waals surface area contributed by atoms with Crippen molar-refractivity contribution >= 4 is 12.1 Å². The van der Waals surface area contributed by atoms with E-state index in [4.69, 9.17) is 4.74 Å². The first-order chi connectivity index (χ1) is 13.5. The molecular weight excluding hydrogens is 352 g/mol. The summed E-state index contributed by atoms with van der Waals surface area (Å²) in [5, 5.41) is 11.0. The number of aryl methyl sites for hydroxylation is 1. The second kappa shape index (κ2) is 8.99. The Morgan fingerprint density at radius 2 is 2.04 bits per heavy atom. The summed E-state index contributed by atoms with van der Waals surface area (Å²) in [6, 6.07) is 15.8. The predicted molar refractivity (Wildman–Crippen MR) is 111 cm³/mol. The molecule has 1 amide bonds. The van der Waals surface area contributed by atoms with Crippen LogP contribution in [0.1, 0.15) is 36.5 Å². The van der Waals surface area contributed by atoms with E-state index < -0.39 is 0 Å². The average Bonchev–Trinajstić information content (AvgIpc) is 3.15. The molecule has 0 spiro atoms. The van der Waals surface area contributed by atoms with Gasteiger partial charge in [0, 0.05) is 11.1 Å². The highest BCUT2D eigenvalue weighted by Gasteiger charge is 2.10. The topological polar surface area (TPSA) is 79.4 Å². The number of carbonyl (C=O) groups excluding carboxylic acids is 1. The number of nitrogens with one attached hydrogen (secondary N) is 2. The molecule has 3 rings (SSSR count). The van der Waals surface area contributed by atoms with Gasteiger partial charge in [-0.25, -0.2) is 5.43 Å². The Bertz CT molecular complexity index is 962. The lowest BCUT2D eigenvalue weighted by Gasteiger charge is -2.14. The van der Waals surface area contributed by atoms with E-state index in [-0.39, 0.29) is 12.5 Å². The monoisotopic (exact) mass is 376 g/mol. The van der Waals surface area contributed by atoms with Crippen LogP contribution >= 0.6 is 0 Å². The zero-order valence-electron chi connectivity index (χ0n) is 16.3. The minimum Gasteiger partial charge on any atom is -0.483 e. The Kier molecular flexibility index (Phi) is 6.22. The highest BCUT2D eigenvalue weighted by molar-refractivity contribution is 5.89. The smallest absolute Gasteiger partial charge is 0.277 e. The van der Waals surface area contributed by atoms with Crippen LogP contribution in [0.3, 0.4) is 0 Å². The van der Waals surface area contributed by atoms with Crippen molar-refractivity contribution in [2.45, 2.75) is 26.7 Å². The van der Waals surface area contributed by atoms with E-state index in [9.17, 15) is 4.79 Å². The molecule has 0 aliphatic heterocycles. The van der Waals surface area contributed by atoms with Crippen LogP contribution in [0.5, 0.6) is 5.75 Å². The summed E-state index contributed by atoms with van der Waals surface area (Å²) in [6.07, 6.45) is 3.23. The minimum atomic E-state index is -0.322. The van der Waals surface area contributed by atoms with E-state index in [1.165, 1.54) is 0 Å². The maximum Gasteiger partial charge on any atom is 0.277 e. The highest BCUT2D eigenvalue weighted by Crippen LogP contribution is 2.27. The van der Waals surface area contributed by atoms with Crippen LogP contribution in [0, 0.1) is 6.92 Å². The third-order valence-electron chi connectivity index (χ3n) is 4.27. The van der Waals surface area contributed by atoms with Gasteiger partial charge in [0.15, 0.2) is 6.61 Å². The maximum atomic E-state index is 12.1. The number of amides is 1. The Balaban J connectivity index is 1.59. The van der Waals surface area contributed by atoms with Gasteiger partial charge >= 0.3 is 0 Å². The highest BCUT2D eigenvalue weighted by atomic mass is 16.5. The molecule has 0 saturated carbocycles. The number of hydrazone groups is 1. The molecule has 144 valence electrons. The van der Waals surface area contributed by atoms with Crippen molar-refractivity contribution in [1.82, 2.24) is 15.6 Å². The largest absolute Gasteiger partial charge is 0.483 e. The molecule has 1 heterocycles. The number of H-pyrrole nitrogens is 1. The molecule has 0 aliphatic carbocycles. The molecular formula is C22H24N4O2. The number of carbonyl (C=O) groups is 1. The average molecular weight is 376 g/mol. The maximum absolute atomic E-state index is 12.1. The van der Waals surface area contributed by atoms with E-state index in [1.54, 1.807) is 12.4 Å². The van der Waals surface area contributed by atoms with E-state index in [2.05, 4.69) is 34.6 Å². The molecule has 0 aliphatic rings. The zero-order valence-corrected chi connectivity index (χ0v) is 16.3. The summed E-state index contributed by atoms with van der Waals surface area (Å²) >= 11 is 0. The lowest BCUT2D eigenvalue weighted by molar-refractivity contribution is -0.123. The Hall–Kier alpha value is -3.41. The summed E-state index contributed by atoms with van der Waals surface area (Å²) < 4.78 is 5.72. The molecule has 6 heteroatoms. The number of benzene rings is 2. The standard InChI is InChI=1S/C22H24N4O2/c1-15(2)19-10-9-16(3)11-20(19)28-14-21(27)25-23-12-18-13-24-26-22(18)17-7-5-4-6-8-17/h4-13,15H,14H2,1-3H3,(H,24,26)(H,25,27). The fourth-order valence-electron chi connectivity index (χ4n) is 2.82. The van der Waals surface area contributed by atoms with Crippen LogP contribution in [-0.4, -0.2) is 28.9 Å². The van der Waals surface area contributed by atoms with Crippen LogP contribution in [0.15, 0.2) is 59.8 Å². The first-order valence-electron chi connectivity index (χ1n) is 9.18. The van der Waals surface area contributed by atoms with Crippen molar-refractivity contribution in [3.8, 4) is 17.0 Å². The fraction of sp³-hybridized carbons (Fsp3) is 0.227. The fourth-order valence-corrected chi connectivity index (χ4v) is 2.82. The summed E-state index contributed by atoms with van der Waals surface area (Å²) in [7, 11) is 0. The molecule has 3 aromatic rings. The van der Waals surface area contributed by atoms with Gasteiger partial charge in [0.25, 0.3) is 5.91 Å². The van der Waals surface area contributed by atoms with Gasteiger partial charge in [-0.2, -0.15) is 10.2 Å². The Morgan fingerprint density at radius 1 is 1.25 bits per heavy atom. The van der Waals surface area contributed by atoms with Crippen LogP contribution in [-0.2, 0) is 4.79 Å². The van der Waals surface area contributed by atoms with Gasteiger partial charge in [0.05, 0.1) is 18.1 Å². The van der Waals surface area contributed by atoms with Crippen LogP contribution < -0.4 is 10.2 Å². The summed E-state index contributed by atoms with van der Waals surface area (Å²) in [5.41, 5.74) is 7.29. The molecule has 28 heavy (non-hydrogen) atoms. The molecule has 0 unspecified atom stereocenters. The van der Waals surface area contributed by atoms with E-state index in [0.717, 1.165) is 33.7 Å². The third-order valence-corrected chi connectivity index (χ3v) is 4.27. The van der Waals surface area contributed by atoms with Crippen molar-refractivity contribution < 1.29 is 9.53 Å². The summed E-state index contributed by atoms with van der Waals surface area (Å²) in [6.45, 7) is 6.09. The lowest BCUT2D eigenvalue weighted by atomic mass is 10.0. The van der Waals surface area contributed by atoms with E-state index >= 15 is 0 Å². The predicted octanol–water partition coefficient (Wildman–Crippen LogP) is 4.04. The van der Waals surface area contributed by atoms with Gasteiger partial charge < -0.3 is 4.74 Å². The third kappa shape index (κ3) is 4.85. The number of ether oxygens (including phenoxy) is 1. The Labute approximate surface area is 164 Å². The van der Waals surface area contributed by atoms with Crippen LogP contribution in [0.25, 0.3) is 11.3 Å². The molecule has 0 radical (unpaired) electrons. The van der Waals surface area contributed by atoms with Gasteiger partial charge in [-0.05, 0) is 30.0 Å². The molecule has 0 atom stereocenters. The lowest BCUT2D eigenvalue weighted by Crippen LogP contribution is -2.25. The second-order valence-electron chi connectivity index (χ2n) is 6.84. The SMILES string of the molecule is Cc1ccc(C(C)C)c(OCC(=O)NN=Cc2cn[nH]c2-c2ccccc2)c1. The number of aromatic amines is 1. The van der Waals surface area contributed by atoms with Gasteiger partial charge in [0.1, 0.15) is 5.75 Å². The van der Waals surface area contributed by atoms with Crippen LogP contribution in [0.4, 0.5) is 0 Å². The Morgan fingerprint density at radius 3 is 2.79 bits per heavy atom. The number of hydrogen-bond donors (Lipinski definition) is 2. The number of nitrogens with zero attached hydrogens (tertiary/aromatic N) is 2. The van der Waals surface area contributed by atoms with Crippen LogP contribution in [0.2, 0.25) is 0 Å². The molecule has 2 aromatic carbocycles. The van der Waals surface area contributed by atoms with Gasteiger partial charge in [0.2, 0.25) is 0 Å².